The summed E-state index contributed by atoms with van der Waals surface area (Å²) in [6.07, 6.45) is 1.79. The van der Waals surface area contributed by atoms with E-state index >= 15 is 0 Å². The Kier molecular flexibility index (Phi) is 4.30. The van der Waals surface area contributed by atoms with Crippen LogP contribution in [0.15, 0.2) is 17.6 Å². The summed E-state index contributed by atoms with van der Waals surface area (Å²) < 4.78 is 6.49. The molecular weight excluding hydrogens is 354 g/mol. The van der Waals surface area contributed by atoms with E-state index in [2.05, 4.69) is 31.2 Å². The van der Waals surface area contributed by atoms with E-state index in [1.54, 1.807) is 28.9 Å². The number of thiophene rings is 1. The average Bonchev–Trinajstić information content (AvgIpc) is 3.22. The van der Waals surface area contributed by atoms with Crippen molar-refractivity contribution in [2.45, 2.75) is 6.54 Å². The summed E-state index contributed by atoms with van der Waals surface area (Å²) in [5, 5.41) is 6.48. The van der Waals surface area contributed by atoms with Crippen LogP contribution in [0.1, 0.15) is 4.88 Å². The van der Waals surface area contributed by atoms with Gasteiger partial charge in [0.25, 0.3) is 0 Å². The molecule has 0 spiro atoms. The molecule has 3 aromatic rings. The zero-order valence-corrected chi connectivity index (χ0v) is 14.5. The molecule has 0 bridgehead atoms. The van der Waals surface area contributed by atoms with Gasteiger partial charge >= 0.3 is 0 Å². The maximum atomic E-state index is 6.11. The number of halogens is 1. The molecule has 0 amide bonds. The fourth-order valence-corrected chi connectivity index (χ4v) is 4.24. The maximum absolute atomic E-state index is 6.11. The van der Waals surface area contributed by atoms with Crippen molar-refractivity contribution in [3.63, 3.8) is 0 Å². The normalized spacial score (nSPS) is 15.3. The Morgan fingerprint density at radius 2 is 2.17 bits per heavy atom. The van der Waals surface area contributed by atoms with E-state index in [1.165, 1.54) is 4.88 Å². The molecule has 6 nitrogen and oxygen atoms in total. The maximum Gasteiger partial charge on any atom is 0.224 e. The van der Waals surface area contributed by atoms with E-state index in [0.29, 0.717) is 19.8 Å². The van der Waals surface area contributed by atoms with Gasteiger partial charge in [0.2, 0.25) is 5.28 Å². The highest BCUT2D eigenvalue weighted by Crippen LogP contribution is 2.33. The third-order valence-corrected chi connectivity index (χ3v) is 5.55. The highest BCUT2D eigenvalue weighted by molar-refractivity contribution is 7.19. The van der Waals surface area contributed by atoms with E-state index in [-0.39, 0.29) is 5.28 Å². The SMILES string of the molecule is Clc1nc(N2CCOCC2)c2sc(CNc3nccs3)cc2n1. The minimum absolute atomic E-state index is 0.288. The smallest absolute Gasteiger partial charge is 0.224 e. The van der Waals surface area contributed by atoms with Crippen molar-refractivity contribution >= 4 is 55.4 Å². The molecule has 0 radical (unpaired) electrons. The highest BCUT2D eigenvalue weighted by atomic mass is 35.5. The van der Waals surface area contributed by atoms with Gasteiger partial charge in [0.15, 0.2) is 10.9 Å². The molecule has 0 aliphatic carbocycles. The molecule has 1 fully saturated rings. The summed E-state index contributed by atoms with van der Waals surface area (Å²) in [7, 11) is 0. The second kappa shape index (κ2) is 6.56. The van der Waals surface area contributed by atoms with Crippen LogP contribution in [0.3, 0.4) is 0 Å². The topological polar surface area (TPSA) is 63.2 Å². The van der Waals surface area contributed by atoms with Crippen LogP contribution in [0, 0.1) is 0 Å². The Labute approximate surface area is 146 Å². The number of fused-ring (bicyclic) bond motifs is 1. The van der Waals surface area contributed by atoms with Crippen LogP contribution < -0.4 is 10.2 Å². The number of rotatable bonds is 4. The molecule has 0 unspecified atom stereocenters. The first-order valence-electron chi connectivity index (χ1n) is 7.21. The zero-order valence-electron chi connectivity index (χ0n) is 12.2. The van der Waals surface area contributed by atoms with Gasteiger partial charge in [0.05, 0.1) is 30.0 Å². The number of anilines is 2. The number of nitrogens with zero attached hydrogens (tertiary/aromatic N) is 4. The highest BCUT2D eigenvalue weighted by Gasteiger charge is 2.19. The third-order valence-electron chi connectivity index (χ3n) is 3.53. The standard InChI is InChI=1S/C14H14ClN5OS2/c15-13-18-10-7-9(8-17-14-16-1-6-22-14)23-11(10)12(19-13)20-2-4-21-5-3-20/h1,6-7H,2-5,8H2,(H,16,17). The zero-order chi connectivity index (χ0) is 15.6. The largest absolute Gasteiger partial charge is 0.378 e. The van der Waals surface area contributed by atoms with Crippen LogP contribution >= 0.6 is 34.3 Å². The molecule has 1 N–H and O–H groups in total. The minimum Gasteiger partial charge on any atom is -0.378 e. The molecule has 1 aliphatic rings. The predicted octanol–water partition coefficient (Wildman–Crippen LogP) is 3.25. The molecule has 1 saturated heterocycles. The molecule has 120 valence electrons. The lowest BCUT2D eigenvalue weighted by atomic mass is 10.3. The Morgan fingerprint density at radius 3 is 2.96 bits per heavy atom. The summed E-state index contributed by atoms with van der Waals surface area (Å²) >= 11 is 9.40. The number of ether oxygens (including phenoxy) is 1. The Morgan fingerprint density at radius 1 is 1.30 bits per heavy atom. The van der Waals surface area contributed by atoms with Gasteiger partial charge in [-0.2, -0.15) is 4.98 Å². The van der Waals surface area contributed by atoms with Crippen molar-refractivity contribution in [3.8, 4) is 0 Å². The van der Waals surface area contributed by atoms with Crippen molar-refractivity contribution in [1.29, 1.82) is 0 Å². The monoisotopic (exact) mass is 367 g/mol. The van der Waals surface area contributed by atoms with Crippen LogP contribution in [0.4, 0.5) is 10.9 Å². The van der Waals surface area contributed by atoms with Gasteiger partial charge in [-0.05, 0) is 17.7 Å². The molecule has 23 heavy (non-hydrogen) atoms. The van der Waals surface area contributed by atoms with Gasteiger partial charge in [-0.3, -0.25) is 0 Å². The molecule has 1 aliphatic heterocycles. The minimum atomic E-state index is 0.288. The molecule has 4 heterocycles. The number of hydrogen-bond acceptors (Lipinski definition) is 8. The molecule has 9 heteroatoms. The van der Waals surface area contributed by atoms with Crippen molar-refractivity contribution in [1.82, 2.24) is 15.0 Å². The summed E-state index contributed by atoms with van der Waals surface area (Å²) in [6.45, 7) is 3.80. The van der Waals surface area contributed by atoms with Crippen molar-refractivity contribution in [2.75, 3.05) is 36.5 Å². The Hall–Kier alpha value is -1.48. The summed E-state index contributed by atoms with van der Waals surface area (Å²) in [5.41, 5.74) is 0.896. The fourth-order valence-electron chi connectivity index (χ4n) is 2.49. The summed E-state index contributed by atoms with van der Waals surface area (Å²) in [6, 6.07) is 2.07. The molecule has 3 aromatic heterocycles. The fraction of sp³-hybridized carbons (Fsp3) is 0.357. The summed E-state index contributed by atoms with van der Waals surface area (Å²) in [5.74, 6) is 0.911. The second-order valence-electron chi connectivity index (χ2n) is 5.03. The first-order valence-corrected chi connectivity index (χ1v) is 9.29. The van der Waals surface area contributed by atoms with E-state index < -0.39 is 0 Å². The van der Waals surface area contributed by atoms with E-state index in [4.69, 9.17) is 16.3 Å². The van der Waals surface area contributed by atoms with Crippen LogP contribution in [-0.4, -0.2) is 41.3 Å². The van der Waals surface area contributed by atoms with Crippen molar-refractivity contribution < 1.29 is 4.74 Å². The van der Waals surface area contributed by atoms with Gasteiger partial charge in [-0.25, -0.2) is 9.97 Å². The van der Waals surface area contributed by atoms with Crippen LogP contribution in [-0.2, 0) is 11.3 Å². The van der Waals surface area contributed by atoms with Gasteiger partial charge in [0, 0.05) is 29.5 Å². The first-order chi connectivity index (χ1) is 11.3. The Bertz CT molecular complexity index is 801. The molecule has 0 aromatic carbocycles. The van der Waals surface area contributed by atoms with E-state index in [0.717, 1.165) is 34.3 Å². The number of hydrogen-bond donors (Lipinski definition) is 1. The van der Waals surface area contributed by atoms with Gasteiger partial charge in [0.1, 0.15) is 0 Å². The lowest BCUT2D eigenvalue weighted by molar-refractivity contribution is 0.122. The van der Waals surface area contributed by atoms with Gasteiger partial charge in [-0.15, -0.1) is 22.7 Å². The lowest BCUT2D eigenvalue weighted by Gasteiger charge is -2.28. The van der Waals surface area contributed by atoms with Crippen LogP contribution in [0.5, 0.6) is 0 Å². The number of thiazole rings is 1. The molecular formula is C14H14ClN5OS2. The van der Waals surface area contributed by atoms with Crippen LogP contribution in [0.25, 0.3) is 10.2 Å². The molecule has 0 atom stereocenters. The summed E-state index contributed by atoms with van der Waals surface area (Å²) in [4.78, 5) is 16.4. The molecule has 0 saturated carbocycles. The number of morpholine rings is 1. The number of aromatic nitrogens is 3. The predicted molar refractivity (Wildman–Crippen MR) is 94.9 cm³/mol. The third kappa shape index (κ3) is 3.25. The lowest BCUT2D eigenvalue weighted by Crippen LogP contribution is -2.36. The molecule has 4 rings (SSSR count). The van der Waals surface area contributed by atoms with E-state index in [9.17, 15) is 0 Å². The average molecular weight is 368 g/mol. The van der Waals surface area contributed by atoms with Crippen molar-refractivity contribution in [3.05, 3.63) is 27.8 Å². The van der Waals surface area contributed by atoms with E-state index in [1.807, 2.05) is 5.38 Å². The van der Waals surface area contributed by atoms with Crippen LogP contribution in [0.2, 0.25) is 5.28 Å². The Balaban J connectivity index is 1.64. The van der Waals surface area contributed by atoms with Crippen molar-refractivity contribution in [2.24, 2.45) is 0 Å². The van der Waals surface area contributed by atoms with Gasteiger partial charge < -0.3 is 15.0 Å². The van der Waals surface area contributed by atoms with Gasteiger partial charge in [-0.1, -0.05) is 0 Å². The number of nitrogens with one attached hydrogen (secondary N) is 1. The quantitative estimate of drug-likeness (QED) is 0.714. The second-order valence-corrected chi connectivity index (χ2v) is 7.40. The first kappa shape index (κ1) is 15.1.